The highest BCUT2D eigenvalue weighted by atomic mass is 35.5. The van der Waals surface area contributed by atoms with Crippen LogP contribution < -0.4 is 20.2 Å². The Hall–Kier alpha value is -3.99. The van der Waals surface area contributed by atoms with Crippen LogP contribution in [0.15, 0.2) is 71.8 Å². The normalized spacial score (nSPS) is 10.8. The van der Waals surface area contributed by atoms with Crippen molar-refractivity contribution in [3.63, 3.8) is 0 Å². The lowest BCUT2D eigenvalue weighted by atomic mass is 10.2. The fraction of sp³-hybridized carbons (Fsp3) is 0.115. The Labute approximate surface area is 232 Å². The van der Waals surface area contributed by atoms with Crippen LogP contribution in [0, 0.1) is 0 Å². The number of carbonyl (C=O) groups is 2. The second-order valence-corrected chi connectivity index (χ2v) is 9.65. The number of anilines is 1. The molecule has 1 aromatic heterocycles. The number of halogens is 2. The predicted octanol–water partition coefficient (Wildman–Crippen LogP) is 5.38. The Bertz CT molecular complexity index is 1440. The quantitative estimate of drug-likeness (QED) is 0.196. The van der Waals surface area contributed by atoms with Crippen molar-refractivity contribution in [2.45, 2.75) is 13.0 Å². The fourth-order valence-corrected chi connectivity index (χ4v) is 4.29. The maximum atomic E-state index is 12.3. The molecule has 9 nitrogen and oxygen atoms in total. The van der Waals surface area contributed by atoms with E-state index in [1.165, 1.54) is 6.21 Å². The average molecular weight is 570 g/mol. The molecule has 0 unspecified atom stereocenters. The van der Waals surface area contributed by atoms with Gasteiger partial charge in [-0.25, -0.2) is 5.43 Å². The number of nitrogens with zero attached hydrogens (tertiary/aromatic N) is 3. The van der Waals surface area contributed by atoms with Crippen molar-refractivity contribution in [1.29, 1.82) is 0 Å². The Balaban J connectivity index is 1.22. The smallest absolute Gasteiger partial charge is 0.257 e. The molecule has 0 saturated heterocycles. The number of hydrogen-bond acceptors (Lipinski definition) is 8. The van der Waals surface area contributed by atoms with Crippen LogP contribution in [0.1, 0.15) is 26.5 Å². The molecular formula is C26H21Cl2N5O4S. The lowest BCUT2D eigenvalue weighted by molar-refractivity contribution is -0.120. The van der Waals surface area contributed by atoms with Crippen molar-refractivity contribution in [2.75, 3.05) is 12.4 Å². The molecule has 1 heterocycles. The number of aromatic nitrogens is 2. The van der Waals surface area contributed by atoms with E-state index in [1.807, 2.05) is 6.07 Å². The van der Waals surface area contributed by atoms with Crippen molar-refractivity contribution in [3.8, 4) is 11.5 Å². The molecule has 3 aromatic carbocycles. The predicted molar refractivity (Wildman–Crippen MR) is 148 cm³/mol. The maximum absolute atomic E-state index is 12.3. The standard InChI is InChI=1S/C26H21Cl2N5O4S/c1-36-20-10-5-17(6-11-20)25(35)30-26-33-32-24(38-26)13-23(34)31-29-14-16-2-8-21(9-3-16)37-15-18-4-7-19(27)12-22(18)28/h2-12,14H,13,15H2,1H3,(H,31,34)(H,30,33,35)/b29-14-. The van der Waals surface area contributed by atoms with Gasteiger partial charge in [-0.05, 0) is 66.2 Å². The molecule has 0 aliphatic rings. The largest absolute Gasteiger partial charge is 0.497 e. The molecule has 0 fully saturated rings. The fourth-order valence-electron chi connectivity index (χ4n) is 3.09. The Morgan fingerprint density at radius 2 is 1.74 bits per heavy atom. The molecule has 0 spiro atoms. The molecular weight excluding hydrogens is 549 g/mol. The number of carbonyl (C=O) groups excluding carboxylic acids is 2. The van der Waals surface area contributed by atoms with Gasteiger partial charge >= 0.3 is 0 Å². The summed E-state index contributed by atoms with van der Waals surface area (Å²) in [7, 11) is 1.55. The lowest BCUT2D eigenvalue weighted by Gasteiger charge is -2.08. The van der Waals surface area contributed by atoms with E-state index in [0.29, 0.717) is 38.7 Å². The van der Waals surface area contributed by atoms with E-state index in [9.17, 15) is 9.59 Å². The number of amides is 2. The first kappa shape index (κ1) is 27.1. The minimum absolute atomic E-state index is 0.0343. The number of benzene rings is 3. The Morgan fingerprint density at radius 3 is 2.45 bits per heavy atom. The first-order valence-corrected chi connectivity index (χ1v) is 12.7. The minimum atomic E-state index is -0.370. The van der Waals surface area contributed by atoms with Crippen LogP contribution in [0.3, 0.4) is 0 Å². The summed E-state index contributed by atoms with van der Waals surface area (Å²) in [6.07, 6.45) is 1.48. The van der Waals surface area contributed by atoms with Gasteiger partial charge in [0.15, 0.2) is 0 Å². The molecule has 0 aliphatic heterocycles. The highest BCUT2D eigenvalue weighted by Gasteiger charge is 2.12. The lowest BCUT2D eigenvalue weighted by Crippen LogP contribution is -2.19. The zero-order chi connectivity index (χ0) is 26.9. The molecule has 12 heteroatoms. The van der Waals surface area contributed by atoms with Crippen LogP contribution in [0.25, 0.3) is 0 Å². The monoisotopic (exact) mass is 569 g/mol. The summed E-state index contributed by atoms with van der Waals surface area (Å²) < 4.78 is 10.8. The van der Waals surface area contributed by atoms with Gasteiger partial charge in [0.05, 0.1) is 19.7 Å². The molecule has 0 atom stereocenters. The summed E-state index contributed by atoms with van der Waals surface area (Å²) in [5.74, 6) is 0.596. The van der Waals surface area contributed by atoms with E-state index in [2.05, 4.69) is 26.0 Å². The number of ether oxygens (including phenoxy) is 2. The number of nitrogens with one attached hydrogen (secondary N) is 2. The Kier molecular flexibility index (Phi) is 9.26. The molecule has 4 aromatic rings. The second kappa shape index (κ2) is 13.0. The highest BCUT2D eigenvalue weighted by Crippen LogP contribution is 2.23. The van der Waals surface area contributed by atoms with Crippen LogP contribution >= 0.6 is 34.5 Å². The summed E-state index contributed by atoms with van der Waals surface area (Å²) in [5, 5.41) is 16.3. The number of hydrogen-bond donors (Lipinski definition) is 2. The van der Waals surface area contributed by atoms with Crippen LogP contribution in [-0.2, 0) is 17.8 Å². The third-order valence-electron chi connectivity index (χ3n) is 5.04. The molecule has 38 heavy (non-hydrogen) atoms. The molecule has 4 rings (SSSR count). The summed E-state index contributed by atoms with van der Waals surface area (Å²) in [6.45, 7) is 0.304. The summed E-state index contributed by atoms with van der Waals surface area (Å²) in [6, 6.07) is 19.1. The molecule has 2 amide bonds. The zero-order valence-electron chi connectivity index (χ0n) is 20.0. The van der Waals surface area contributed by atoms with E-state index >= 15 is 0 Å². The average Bonchev–Trinajstić information content (AvgIpc) is 3.35. The van der Waals surface area contributed by atoms with Crippen molar-refractivity contribution < 1.29 is 19.1 Å². The number of hydrazone groups is 1. The van der Waals surface area contributed by atoms with Crippen LogP contribution in [0.4, 0.5) is 5.13 Å². The van der Waals surface area contributed by atoms with Gasteiger partial charge < -0.3 is 9.47 Å². The van der Waals surface area contributed by atoms with E-state index in [4.69, 9.17) is 32.7 Å². The minimum Gasteiger partial charge on any atom is -0.497 e. The summed E-state index contributed by atoms with van der Waals surface area (Å²) in [5.41, 5.74) is 4.49. The third kappa shape index (κ3) is 7.75. The van der Waals surface area contributed by atoms with Crippen molar-refractivity contribution >= 4 is 57.7 Å². The van der Waals surface area contributed by atoms with Crippen LogP contribution in [-0.4, -0.2) is 35.3 Å². The first-order valence-electron chi connectivity index (χ1n) is 11.2. The van der Waals surface area contributed by atoms with Gasteiger partial charge in [0.2, 0.25) is 11.0 Å². The third-order valence-corrected chi connectivity index (χ3v) is 6.47. The van der Waals surface area contributed by atoms with Gasteiger partial charge in [-0.1, -0.05) is 40.6 Å². The maximum Gasteiger partial charge on any atom is 0.257 e. The van der Waals surface area contributed by atoms with E-state index < -0.39 is 0 Å². The number of methoxy groups -OCH3 is 1. The second-order valence-electron chi connectivity index (χ2n) is 7.75. The molecule has 194 valence electrons. The van der Waals surface area contributed by atoms with Crippen molar-refractivity contribution in [3.05, 3.63) is 98.5 Å². The van der Waals surface area contributed by atoms with E-state index in [-0.39, 0.29) is 23.4 Å². The number of rotatable bonds is 10. The van der Waals surface area contributed by atoms with Crippen LogP contribution in [0.2, 0.25) is 10.0 Å². The van der Waals surface area contributed by atoms with Gasteiger partial charge in [-0.15, -0.1) is 10.2 Å². The summed E-state index contributed by atoms with van der Waals surface area (Å²) in [4.78, 5) is 24.6. The SMILES string of the molecule is COc1ccc(C(=O)Nc2nnc(CC(=O)N/N=C\c3ccc(OCc4ccc(Cl)cc4Cl)cc3)s2)cc1. The van der Waals surface area contributed by atoms with E-state index in [0.717, 1.165) is 22.5 Å². The Morgan fingerprint density at radius 1 is 1.00 bits per heavy atom. The van der Waals surface area contributed by atoms with Crippen molar-refractivity contribution in [2.24, 2.45) is 5.10 Å². The topological polar surface area (TPSA) is 115 Å². The highest BCUT2D eigenvalue weighted by molar-refractivity contribution is 7.15. The van der Waals surface area contributed by atoms with E-state index in [1.54, 1.807) is 67.8 Å². The first-order chi connectivity index (χ1) is 18.4. The molecule has 2 N–H and O–H groups in total. The van der Waals surface area contributed by atoms with Gasteiger partial charge in [-0.2, -0.15) is 5.10 Å². The van der Waals surface area contributed by atoms with Crippen LogP contribution in [0.5, 0.6) is 11.5 Å². The van der Waals surface area contributed by atoms with Crippen molar-refractivity contribution in [1.82, 2.24) is 15.6 Å². The van der Waals surface area contributed by atoms with Gasteiger partial charge in [-0.3, -0.25) is 14.9 Å². The van der Waals surface area contributed by atoms with Gasteiger partial charge in [0.1, 0.15) is 23.1 Å². The molecule has 0 bridgehead atoms. The van der Waals surface area contributed by atoms with Gasteiger partial charge in [0.25, 0.3) is 5.91 Å². The zero-order valence-corrected chi connectivity index (χ0v) is 22.3. The molecule has 0 aliphatic carbocycles. The summed E-state index contributed by atoms with van der Waals surface area (Å²) >= 11 is 13.2. The molecule has 0 radical (unpaired) electrons. The molecule has 0 saturated carbocycles. The van der Waals surface area contributed by atoms with Gasteiger partial charge in [0, 0.05) is 21.2 Å².